The van der Waals surface area contributed by atoms with Crippen molar-refractivity contribution in [2.24, 2.45) is 0 Å². The first-order valence-corrected chi connectivity index (χ1v) is 6.27. The highest BCUT2D eigenvalue weighted by atomic mass is 19.4. The lowest BCUT2D eigenvalue weighted by atomic mass is 9.98. The van der Waals surface area contributed by atoms with Crippen molar-refractivity contribution in [3.05, 3.63) is 35.9 Å². The maximum absolute atomic E-state index is 13.3. The van der Waals surface area contributed by atoms with Crippen molar-refractivity contribution >= 4 is 0 Å². The third-order valence-electron chi connectivity index (χ3n) is 3.04. The van der Waals surface area contributed by atoms with Crippen molar-refractivity contribution in [1.29, 1.82) is 0 Å². The van der Waals surface area contributed by atoms with Gasteiger partial charge in [-0.3, -0.25) is 0 Å². The van der Waals surface area contributed by atoms with Crippen molar-refractivity contribution in [2.45, 2.75) is 36.4 Å². The molecule has 0 aliphatic carbocycles. The fraction of sp³-hybridized carbons (Fsp3) is 0.538. The molecule has 0 radical (unpaired) electrons. The predicted molar refractivity (Wildman–Crippen MR) is 61.9 cm³/mol. The SMILES string of the molecule is FCC(F)(F)C(F)(F)C(F)(F)C(F)(F)C(F)(F)OCc1ccccc1. The summed E-state index contributed by atoms with van der Waals surface area (Å²) < 4.78 is 146. The fourth-order valence-corrected chi connectivity index (χ4v) is 1.53. The summed E-state index contributed by atoms with van der Waals surface area (Å²) in [6.45, 7) is -4.88. The van der Waals surface area contributed by atoms with E-state index in [9.17, 15) is 48.3 Å². The van der Waals surface area contributed by atoms with E-state index in [0.717, 1.165) is 12.1 Å². The number of ether oxygens (including phenoxy) is 1. The summed E-state index contributed by atoms with van der Waals surface area (Å²) in [6, 6.07) is 5.96. The Labute approximate surface area is 133 Å². The van der Waals surface area contributed by atoms with Gasteiger partial charge in [0.25, 0.3) is 0 Å². The highest BCUT2D eigenvalue weighted by molar-refractivity contribution is 5.14. The molecule has 0 spiro atoms. The van der Waals surface area contributed by atoms with Crippen molar-refractivity contribution in [2.75, 3.05) is 6.67 Å². The van der Waals surface area contributed by atoms with Gasteiger partial charge in [0.2, 0.25) is 0 Å². The molecule has 144 valence electrons. The highest BCUT2D eigenvalue weighted by Crippen LogP contribution is 2.57. The van der Waals surface area contributed by atoms with Crippen LogP contribution in [0.1, 0.15) is 5.56 Å². The van der Waals surface area contributed by atoms with Gasteiger partial charge in [-0.1, -0.05) is 30.3 Å². The van der Waals surface area contributed by atoms with Gasteiger partial charge in [-0.2, -0.15) is 43.9 Å². The smallest absolute Gasteiger partial charge is 0.311 e. The Morgan fingerprint density at radius 2 is 1.16 bits per heavy atom. The zero-order valence-electron chi connectivity index (χ0n) is 11.9. The molecule has 0 atom stereocenters. The molecular formula is C13H9F11O. The molecule has 0 amide bonds. The molecule has 0 fully saturated rings. The highest BCUT2D eigenvalue weighted by Gasteiger charge is 2.87. The number of alkyl halides is 11. The van der Waals surface area contributed by atoms with Crippen LogP contribution in [0.3, 0.4) is 0 Å². The van der Waals surface area contributed by atoms with Gasteiger partial charge in [-0.15, -0.1) is 0 Å². The molecule has 0 aromatic heterocycles. The van der Waals surface area contributed by atoms with Crippen LogP contribution in [0.2, 0.25) is 0 Å². The van der Waals surface area contributed by atoms with Gasteiger partial charge in [-0.05, 0) is 5.56 Å². The summed E-state index contributed by atoms with van der Waals surface area (Å²) in [6.07, 6.45) is -6.26. The van der Waals surface area contributed by atoms with Gasteiger partial charge >= 0.3 is 29.8 Å². The topological polar surface area (TPSA) is 9.23 Å². The average Bonchev–Trinajstić information content (AvgIpc) is 2.53. The first kappa shape index (κ1) is 21.5. The number of hydrogen-bond acceptors (Lipinski definition) is 1. The summed E-state index contributed by atoms with van der Waals surface area (Å²) in [5.74, 6) is -27.8. The van der Waals surface area contributed by atoms with E-state index in [1.54, 1.807) is 0 Å². The lowest BCUT2D eigenvalue weighted by Crippen LogP contribution is -2.68. The Kier molecular flexibility index (Phi) is 5.68. The lowest BCUT2D eigenvalue weighted by molar-refractivity contribution is -0.447. The maximum atomic E-state index is 13.3. The van der Waals surface area contributed by atoms with Crippen LogP contribution >= 0.6 is 0 Å². The van der Waals surface area contributed by atoms with E-state index >= 15 is 0 Å². The first-order valence-electron chi connectivity index (χ1n) is 6.27. The minimum absolute atomic E-state index is 0.220. The third kappa shape index (κ3) is 3.53. The molecule has 0 unspecified atom stereocenters. The minimum Gasteiger partial charge on any atom is -0.311 e. The van der Waals surface area contributed by atoms with Crippen LogP contribution in [0, 0.1) is 0 Å². The number of halogens is 11. The Hall–Kier alpha value is -1.59. The van der Waals surface area contributed by atoms with Gasteiger partial charge in [0, 0.05) is 0 Å². The average molecular weight is 390 g/mol. The van der Waals surface area contributed by atoms with E-state index in [1.165, 1.54) is 18.2 Å². The molecule has 0 aliphatic heterocycles. The van der Waals surface area contributed by atoms with E-state index in [2.05, 4.69) is 4.74 Å². The number of hydrogen-bond donors (Lipinski definition) is 0. The van der Waals surface area contributed by atoms with Gasteiger partial charge in [0.05, 0.1) is 6.61 Å². The number of benzene rings is 1. The van der Waals surface area contributed by atoms with Crippen LogP contribution in [-0.2, 0) is 11.3 Å². The van der Waals surface area contributed by atoms with E-state index in [1.807, 2.05) is 0 Å². The van der Waals surface area contributed by atoms with Gasteiger partial charge in [0.1, 0.15) is 0 Å². The van der Waals surface area contributed by atoms with Crippen LogP contribution < -0.4 is 0 Å². The normalized spacial score (nSPS) is 14.7. The molecule has 25 heavy (non-hydrogen) atoms. The maximum Gasteiger partial charge on any atom is 0.426 e. The molecule has 0 heterocycles. The van der Waals surface area contributed by atoms with Crippen molar-refractivity contribution < 1.29 is 53.0 Å². The van der Waals surface area contributed by atoms with Crippen molar-refractivity contribution in [1.82, 2.24) is 0 Å². The van der Waals surface area contributed by atoms with Crippen LogP contribution in [-0.4, -0.2) is 36.5 Å². The zero-order valence-corrected chi connectivity index (χ0v) is 11.9. The largest absolute Gasteiger partial charge is 0.426 e. The fourth-order valence-electron chi connectivity index (χ4n) is 1.53. The van der Waals surface area contributed by atoms with Crippen LogP contribution in [0.5, 0.6) is 0 Å². The second kappa shape index (κ2) is 6.61. The standard InChI is InChI=1S/C13H9F11O/c14-7-9(15,16)10(17,18)11(19,20)12(21,22)13(23,24)25-6-8-4-2-1-3-5-8/h1-5H,6-7H2. The monoisotopic (exact) mass is 390 g/mol. The Morgan fingerprint density at radius 3 is 1.60 bits per heavy atom. The van der Waals surface area contributed by atoms with E-state index in [0.29, 0.717) is 0 Å². The van der Waals surface area contributed by atoms with Crippen LogP contribution in [0.25, 0.3) is 0 Å². The van der Waals surface area contributed by atoms with E-state index < -0.39 is 43.1 Å². The molecule has 1 aromatic carbocycles. The van der Waals surface area contributed by atoms with Crippen molar-refractivity contribution in [3.8, 4) is 0 Å². The van der Waals surface area contributed by atoms with Gasteiger partial charge < -0.3 is 4.74 Å². The van der Waals surface area contributed by atoms with Crippen LogP contribution in [0.15, 0.2) is 30.3 Å². The second-order valence-corrected chi connectivity index (χ2v) is 4.85. The third-order valence-corrected chi connectivity index (χ3v) is 3.04. The quantitative estimate of drug-likeness (QED) is 0.547. The summed E-state index contributed by atoms with van der Waals surface area (Å²) >= 11 is 0. The van der Waals surface area contributed by atoms with E-state index in [-0.39, 0.29) is 5.56 Å². The molecule has 0 saturated carbocycles. The van der Waals surface area contributed by atoms with Crippen LogP contribution in [0.4, 0.5) is 48.3 Å². The zero-order chi connectivity index (χ0) is 19.7. The molecule has 1 nitrogen and oxygen atoms in total. The summed E-state index contributed by atoms with van der Waals surface area (Å²) in [5, 5.41) is 0. The summed E-state index contributed by atoms with van der Waals surface area (Å²) in [5.41, 5.74) is -0.220. The Balaban J connectivity index is 3.14. The molecular weight excluding hydrogens is 381 g/mol. The summed E-state index contributed by atoms with van der Waals surface area (Å²) in [7, 11) is 0. The Bertz CT molecular complexity index is 571. The van der Waals surface area contributed by atoms with Gasteiger partial charge in [-0.25, -0.2) is 4.39 Å². The minimum atomic E-state index is -7.32. The second-order valence-electron chi connectivity index (χ2n) is 4.85. The van der Waals surface area contributed by atoms with Gasteiger partial charge in [0.15, 0.2) is 6.67 Å². The molecule has 0 bridgehead atoms. The number of rotatable bonds is 8. The predicted octanol–water partition coefficient (Wildman–Crippen LogP) is 5.31. The van der Waals surface area contributed by atoms with E-state index in [4.69, 9.17) is 0 Å². The molecule has 0 N–H and O–H groups in total. The lowest BCUT2D eigenvalue weighted by Gasteiger charge is -2.38. The first-order chi connectivity index (χ1) is 11.1. The Morgan fingerprint density at radius 1 is 0.680 bits per heavy atom. The molecule has 12 heteroatoms. The molecule has 1 rings (SSSR count). The summed E-state index contributed by atoms with van der Waals surface area (Å²) in [4.78, 5) is 0. The molecule has 0 aliphatic rings. The van der Waals surface area contributed by atoms with Crippen molar-refractivity contribution in [3.63, 3.8) is 0 Å². The molecule has 0 saturated heterocycles. The molecule has 1 aromatic rings.